The lowest BCUT2D eigenvalue weighted by Gasteiger charge is -2.20. The number of esters is 1. The third-order valence-corrected chi connectivity index (χ3v) is 4.96. The van der Waals surface area contributed by atoms with Crippen molar-refractivity contribution in [3.8, 4) is 0 Å². The van der Waals surface area contributed by atoms with E-state index in [4.69, 9.17) is 4.74 Å². The number of rotatable bonds is 5. The van der Waals surface area contributed by atoms with E-state index < -0.39 is 0 Å². The standard InChI is InChI=1S/C20H22N2O2/c1-22(19-8-7-15(12-21-19)20(23)24-2)18-10-16(13-3-4-13)9-17(11-18)14-5-6-14/h7-14H,3-6H2,1-2H3. The molecular formula is C20H22N2O2. The van der Waals surface area contributed by atoms with E-state index in [0.717, 1.165) is 17.7 Å². The molecule has 4 rings (SSSR count). The zero-order valence-electron chi connectivity index (χ0n) is 14.2. The van der Waals surface area contributed by atoms with Crippen LogP contribution < -0.4 is 4.90 Å². The predicted octanol–water partition coefficient (Wildman–Crippen LogP) is 4.39. The van der Waals surface area contributed by atoms with E-state index in [0.29, 0.717) is 5.56 Å². The molecule has 2 aliphatic carbocycles. The highest BCUT2D eigenvalue weighted by Crippen LogP contribution is 2.46. The average molecular weight is 322 g/mol. The molecule has 124 valence electrons. The number of benzene rings is 1. The molecule has 2 saturated carbocycles. The van der Waals surface area contributed by atoms with Crippen molar-refractivity contribution < 1.29 is 9.53 Å². The van der Waals surface area contributed by atoms with Crippen LogP contribution in [0.1, 0.15) is 59.0 Å². The number of hydrogen-bond acceptors (Lipinski definition) is 4. The molecule has 0 aliphatic heterocycles. The van der Waals surface area contributed by atoms with Gasteiger partial charge in [0.15, 0.2) is 0 Å². The van der Waals surface area contributed by atoms with Gasteiger partial charge in [0.1, 0.15) is 5.82 Å². The normalized spacial score (nSPS) is 16.8. The van der Waals surface area contributed by atoms with Crippen molar-refractivity contribution in [2.24, 2.45) is 0 Å². The summed E-state index contributed by atoms with van der Waals surface area (Å²) in [7, 11) is 3.41. The van der Waals surface area contributed by atoms with Gasteiger partial charge in [0.2, 0.25) is 0 Å². The Kier molecular flexibility index (Phi) is 3.75. The van der Waals surface area contributed by atoms with Gasteiger partial charge in [-0.15, -0.1) is 0 Å². The minimum Gasteiger partial charge on any atom is -0.465 e. The Morgan fingerprint density at radius 2 is 1.71 bits per heavy atom. The molecule has 4 heteroatoms. The fourth-order valence-electron chi connectivity index (χ4n) is 3.11. The lowest BCUT2D eigenvalue weighted by molar-refractivity contribution is 0.0600. The number of pyridine rings is 1. The van der Waals surface area contributed by atoms with Gasteiger partial charge in [-0.3, -0.25) is 0 Å². The molecule has 24 heavy (non-hydrogen) atoms. The summed E-state index contributed by atoms with van der Waals surface area (Å²) in [5.74, 6) is 1.96. The van der Waals surface area contributed by atoms with Crippen molar-refractivity contribution >= 4 is 17.5 Å². The zero-order chi connectivity index (χ0) is 16.7. The van der Waals surface area contributed by atoms with E-state index in [9.17, 15) is 4.79 Å². The largest absolute Gasteiger partial charge is 0.465 e. The second kappa shape index (κ2) is 5.93. The Morgan fingerprint density at radius 1 is 1.08 bits per heavy atom. The maximum atomic E-state index is 11.5. The van der Waals surface area contributed by atoms with Crippen LogP contribution in [0.25, 0.3) is 0 Å². The van der Waals surface area contributed by atoms with Crippen LogP contribution in [0.4, 0.5) is 11.5 Å². The second-order valence-corrected chi connectivity index (χ2v) is 6.86. The van der Waals surface area contributed by atoms with Gasteiger partial charge < -0.3 is 9.64 Å². The monoisotopic (exact) mass is 322 g/mol. The number of carbonyl (C=O) groups excluding carboxylic acids is 1. The van der Waals surface area contributed by atoms with Crippen molar-refractivity contribution in [2.75, 3.05) is 19.1 Å². The first-order valence-corrected chi connectivity index (χ1v) is 8.58. The Bertz CT molecular complexity index is 731. The Labute approximate surface area is 142 Å². The van der Waals surface area contributed by atoms with Crippen LogP contribution in [0.5, 0.6) is 0 Å². The molecular weight excluding hydrogens is 300 g/mol. The number of hydrogen-bond donors (Lipinski definition) is 0. The smallest absolute Gasteiger partial charge is 0.339 e. The lowest BCUT2D eigenvalue weighted by Crippen LogP contribution is -2.12. The van der Waals surface area contributed by atoms with Gasteiger partial charge in [0, 0.05) is 18.9 Å². The number of aromatic nitrogens is 1. The topological polar surface area (TPSA) is 42.4 Å². The van der Waals surface area contributed by atoms with E-state index in [1.807, 2.05) is 13.1 Å². The lowest BCUT2D eigenvalue weighted by atomic mass is 10.0. The molecule has 0 saturated heterocycles. The van der Waals surface area contributed by atoms with E-state index in [-0.39, 0.29) is 5.97 Å². The molecule has 0 unspecified atom stereocenters. The maximum Gasteiger partial charge on any atom is 0.339 e. The number of anilines is 2. The number of nitrogens with zero attached hydrogens (tertiary/aromatic N) is 2. The Hall–Kier alpha value is -2.36. The van der Waals surface area contributed by atoms with Crippen molar-refractivity contribution in [2.45, 2.75) is 37.5 Å². The highest BCUT2D eigenvalue weighted by Gasteiger charge is 2.29. The molecule has 0 N–H and O–H groups in total. The fraction of sp³-hybridized carbons (Fsp3) is 0.400. The van der Waals surface area contributed by atoms with Crippen LogP contribution in [-0.4, -0.2) is 25.1 Å². The van der Waals surface area contributed by atoms with Gasteiger partial charge >= 0.3 is 5.97 Å². The third kappa shape index (κ3) is 3.01. The van der Waals surface area contributed by atoms with E-state index in [1.165, 1.54) is 49.6 Å². The zero-order valence-corrected chi connectivity index (χ0v) is 14.2. The summed E-state index contributed by atoms with van der Waals surface area (Å²) in [6, 6.07) is 10.6. The molecule has 0 radical (unpaired) electrons. The van der Waals surface area contributed by atoms with Crippen molar-refractivity contribution in [1.82, 2.24) is 4.98 Å². The molecule has 1 aromatic carbocycles. The summed E-state index contributed by atoms with van der Waals surface area (Å²) in [4.78, 5) is 18.1. The molecule has 0 atom stereocenters. The molecule has 0 amide bonds. The summed E-state index contributed by atoms with van der Waals surface area (Å²) < 4.78 is 4.73. The summed E-state index contributed by atoms with van der Waals surface area (Å²) in [5.41, 5.74) is 4.58. The van der Waals surface area contributed by atoms with Gasteiger partial charge in [-0.1, -0.05) is 6.07 Å². The van der Waals surface area contributed by atoms with E-state index in [2.05, 4.69) is 28.1 Å². The number of methoxy groups -OCH3 is 1. The van der Waals surface area contributed by atoms with Crippen LogP contribution in [-0.2, 0) is 4.74 Å². The van der Waals surface area contributed by atoms with Crippen LogP contribution in [0.3, 0.4) is 0 Å². The van der Waals surface area contributed by atoms with E-state index in [1.54, 1.807) is 12.3 Å². The Morgan fingerprint density at radius 3 is 2.17 bits per heavy atom. The number of carbonyl (C=O) groups is 1. The van der Waals surface area contributed by atoms with Crippen LogP contribution in [0, 0.1) is 0 Å². The van der Waals surface area contributed by atoms with Crippen molar-refractivity contribution in [3.05, 3.63) is 53.2 Å². The summed E-state index contributed by atoms with van der Waals surface area (Å²) in [5, 5.41) is 0. The molecule has 1 heterocycles. The summed E-state index contributed by atoms with van der Waals surface area (Å²) >= 11 is 0. The van der Waals surface area contributed by atoms with Gasteiger partial charge in [-0.25, -0.2) is 9.78 Å². The summed E-state index contributed by atoms with van der Waals surface area (Å²) in [6.45, 7) is 0. The molecule has 2 aliphatic rings. The van der Waals surface area contributed by atoms with Gasteiger partial charge in [-0.05, 0) is 72.9 Å². The molecule has 1 aromatic heterocycles. The fourth-order valence-corrected chi connectivity index (χ4v) is 3.11. The van der Waals surface area contributed by atoms with Crippen LogP contribution >= 0.6 is 0 Å². The SMILES string of the molecule is COC(=O)c1ccc(N(C)c2cc(C3CC3)cc(C3CC3)c2)nc1. The quantitative estimate of drug-likeness (QED) is 0.766. The Balaban J connectivity index is 1.63. The highest BCUT2D eigenvalue weighted by atomic mass is 16.5. The molecule has 0 spiro atoms. The van der Waals surface area contributed by atoms with Crippen LogP contribution in [0.15, 0.2) is 36.5 Å². The maximum absolute atomic E-state index is 11.5. The van der Waals surface area contributed by atoms with Crippen molar-refractivity contribution in [3.63, 3.8) is 0 Å². The third-order valence-electron chi connectivity index (χ3n) is 4.96. The minimum atomic E-state index is -0.358. The second-order valence-electron chi connectivity index (χ2n) is 6.86. The number of ether oxygens (including phenoxy) is 1. The first-order chi connectivity index (χ1) is 11.7. The first kappa shape index (κ1) is 15.2. The molecule has 0 bridgehead atoms. The molecule has 2 aromatic rings. The van der Waals surface area contributed by atoms with Gasteiger partial charge in [0.05, 0.1) is 12.7 Å². The van der Waals surface area contributed by atoms with Crippen molar-refractivity contribution in [1.29, 1.82) is 0 Å². The van der Waals surface area contributed by atoms with Gasteiger partial charge in [-0.2, -0.15) is 0 Å². The van der Waals surface area contributed by atoms with Gasteiger partial charge in [0.25, 0.3) is 0 Å². The minimum absolute atomic E-state index is 0.358. The first-order valence-electron chi connectivity index (χ1n) is 8.58. The highest BCUT2D eigenvalue weighted by molar-refractivity contribution is 5.89. The van der Waals surface area contributed by atoms with Crippen LogP contribution in [0.2, 0.25) is 0 Å². The average Bonchev–Trinajstić information content (AvgIpc) is 3.52. The predicted molar refractivity (Wildman–Crippen MR) is 94.0 cm³/mol. The molecule has 2 fully saturated rings. The molecule has 4 nitrogen and oxygen atoms in total. The summed E-state index contributed by atoms with van der Waals surface area (Å²) in [6.07, 6.45) is 6.81. The van der Waals surface area contributed by atoms with E-state index >= 15 is 0 Å².